The van der Waals surface area contributed by atoms with Gasteiger partial charge in [-0.3, -0.25) is 0 Å². The van der Waals surface area contributed by atoms with Gasteiger partial charge in [0.15, 0.2) is 0 Å². The van der Waals surface area contributed by atoms with Gasteiger partial charge in [0, 0.05) is 37.8 Å². The third kappa shape index (κ3) is 4.63. The number of carbonyl (C=O) groups excluding carboxylic acids is 1. The fourth-order valence-electron chi connectivity index (χ4n) is 3.75. The highest BCUT2D eigenvalue weighted by molar-refractivity contribution is 8.00. The van der Waals surface area contributed by atoms with Crippen LogP contribution in [-0.2, 0) is 16.4 Å². The molecule has 0 aromatic heterocycles. The second kappa shape index (κ2) is 8.57. The maximum Gasteiger partial charge on any atom is 0.317 e. The Morgan fingerprint density at radius 3 is 2.45 bits per heavy atom. The van der Waals surface area contributed by atoms with E-state index < -0.39 is 10.0 Å². The van der Waals surface area contributed by atoms with Crippen molar-refractivity contribution in [2.24, 2.45) is 4.40 Å². The number of hydrogen-bond donors (Lipinski definition) is 1. The van der Waals surface area contributed by atoms with Gasteiger partial charge in [0.05, 0.1) is 0 Å². The number of rotatable bonds is 3. The Hall–Kier alpha value is -2.35. The summed E-state index contributed by atoms with van der Waals surface area (Å²) in [4.78, 5) is 16.4. The van der Waals surface area contributed by atoms with Crippen LogP contribution in [-0.4, -0.2) is 62.3 Å². The van der Waals surface area contributed by atoms with Gasteiger partial charge in [-0.25, -0.2) is 4.79 Å². The van der Waals surface area contributed by atoms with Gasteiger partial charge in [0.25, 0.3) is 10.0 Å². The predicted molar refractivity (Wildman–Crippen MR) is 116 cm³/mol. The largest absolute Gasteiger partial charge is 0.354 e. The number of aryl methyl sites for hydroxylation is 1. The maximum absolute atomic E-state index is 12.8. The summed E-state index contributed by atoms with van der Waals surface area (Å²) >= 11 is 0. The molecule has 0 saturated carbocycles. The smallest absolute Gasteiger partial charge is 0.317 e. The van der Waals surface area contributed by atoms with Crippen LogP contribution in [0.3, 0.4) is 0 Å². The summed E-state index contributed by atoms with van der Waals surface area (Å²) in [7, 11) is -3.73. The van der Waals surface area contributed by atoms with Crippen molar-refractivity contribution in [2.45, 2.75) is 46.6 Å². The Morgan fingerprint density at radius 1 is 1.14 bits per heavy atom. The minimum atomic E-state index is -3.73. The fourth-order valence-corrected chi connectivity index (χ4v) is 5.23. The van der Waals surface area contributed by atoms with Gasteiger partial charge in [-0.1, -0.05) is 31.2 Å². The second-order valence-corrected chi connectivity index (χ2v) is 9.37. The van der Waals surface area contributed by atoms with E-state index in [2.05, 4.69) is 16.6 Å². The molecule has 0 unspecified atom stereocenters. The normalized spacial score (nSPS) is 19.4. The van der Waals surface area contributed by atoms with E-state index in [1.807, 2.05) is 49.9 Å². The van der Waals surface area contributed by atoms with E-state index in [0.717, 1.165) is 18.4 Å². The third-order valence-electron chi connectivity index (χ3n) is 5.26. The third-order valence-corrected chi connectivity index (χ3v) is 6.73. The maximum atomic E-state index is 12.8. The van der Waals surface area contributed by atoms with Crippen LogP contribution in [0.15, 0.2) is 34.2 Å². The zero-order chi connectivity index (χ0) is 21.2. The Kier molecular flexibility index (Phi) is 6.31. The number of sulfonamides is 1. The van der Waals surface area contributed by atoms with Crippen molar-refractivity contribution in [1.82, 2.24) is 15.1 Å². The lowest BCUT2D eigenvalue weighted by Gasteiger charge is -2.24. The van der Waals surface area contributed by atoms with Crippen LogP contribution in [0.2, 0.25) is 0 Å². The van der Waals surface area contributed by atoms with Gasteiger partial charge in [-0.15, -0.1) is 4.40 Å². The Balaban J connectivity index is 1.81. The van der Waals surface area contributed by atoms with Gasteiger partial charge in [-0.2, -0.15) is 8.42 Å². The zero-order valence-corrected chi connectivity index (χ0v) is 18.4. The van der Waals surface area contributed by atoms with Crippen molar-refractivity contribution in [1.29, 1.82) is 0 Å². The standard InChI is InChI=1S/C21H30N4O3S/c1-5-17-7-9-18(10-8-17)19-16(4)20(23-29(19,27)28)24-11-6-12-25(14-13-24)21(26)22-15(2)3/h7-10,15H,5-6,11-14H2,1-4H3,(H,22,26). The summed E-state index contributed by atoms with van der Waals surface area (Å²) in [5, 5.41) is 2.92. The number of carbonyl (C=O) groups is 1. The van der Waals surface area contributed by atoms with Crippen LogP contribution in [0.4, 0.5) is 4.79 Å². The zero-order valence-electron chi connectivity index (χ0n) is 17.6. The molecule has 1 N–H and O–H groups in total. The number of benzene rings is 1. The van der Waals surface area contributed by atoms with Crippen molar-refractivity contribution in [3.63, 3.8) is 0 Å². The second-order valence-electron chi connectivity index (χ2n) is 7.83. The summed E-state index contributed by atoms with van der Waals surface area (Å²) < 4.78 is 29.7. The molecule has 0 spiro atoms. The Morgan fingerprint density at radius 2 is 1.83 bits per heavy atom. The first-order valence-corrected chi connectivity index (χ1v) is 11.6. The van der Waals surface area contributed by atoms with Crippen LogP contribution in [0, 0.1) is 0 Å². The molecule has 0 atom stereocenters. The van der Waals surface area contributed by atoms with Crippen molar-refractivity contribution in [2.75, 3.05) is 26.2 Å². The molecular weight excluding hydrogens is 388 g/mol. The highest BCUT2D eigenvalue weighted by Gasteiger charge is 2.34. The van der Waals surface area contributed by atoms with Crippen LogP contribution >= 0.6 is 0 Å². The van der Waals surface area contributed by atoms with E-state index in [-0.39, 0.29) is 17.0 Å². The molecule has 7 nitrogen and oxygen atoms in total. The van der Waals surface area contributed by atoms with E-state index in [4.69, 9.17) is 0 Å². The Bertz CT molecular complexity index is 933. The summed E-state index contributed by atoms with van der Waals surface area (Å²) in [5.74, 6) is 0.505. The van der Waals surface area contributed by atoms with Gasteiger partial charge in [0.2, 0.25) is 0 Å². The molecule has 2 aliphatic rings. The molecule has 0 aliphatic carbocycles. The number of amides is 2. The highest BCUT2D eigenvalue weighted by Crippen LogP contribution is 2.34. The number of nitrogens with zero attached hydrogens (tertiary/aromatic N) is 3. The molecule has 1 saturated heterocycles. The molecule has 0 radical (unpaired) electrons. The van der Waals surface area contributed by atoms with Gasteiger partial charge < -0.3 is 15.1 Å². The van der Waals surface area contributed by atoms with E-state index in [0.29, 0.717) is 43.2 Å². The minimum Gasteiger partial charge on any atom is -0.354 e. The first kappa shape index (κ1) is 21.4. The van der Waals surface area contributed by atoms with Crippen LogP contribution in [0.1, 0.15) is 45.2 Å². The average molecular weight is 419 g/mol. The van der Waals surface area contributed by atoms with Gasteiger partial charge in [-0.05, 0) is 44.7 Å². The number of urea groups is 1. The van der Waals surface area contributed by atoms with E-state index >= 15 is 0 Å². The lowest BCUT2D eigenvalue weighted by atomic mass is 10.1. The quantitative estimate of drug-likeness (QED) is 0.818. The number of nitrogens with one attached hydrogen (secondary N) is 1. The molecule has 0 bridgehead atoms. The monoisotopic (exact) mass is 418 g/mol. The topological polar surface area (TPSA) is 82.1 Å². The Labute approximate surface area is 173 Å². The molecule has 158 valence electrons. The van der Waals surface area contributed by atoms with Gasteiger partial charge >= 0.3 is 6.03 Å². The fraction of sp³-hybridized carbons (Fsp3) is 0.524. The van der Waals surface area contributed by atoms with E-state index in [1.54, 1.807) is 4.90 Å². The molecule has 2 heterocycles. The van der Waals surface area contributed by atoms with E-state index in [1.165, 1.54) is 0 Å². The van der Waals surface area contributed by atoms with Crippen LogP contribution < -0.4 is 5.32 Å². The number of amidine groups is 1. The van der Waals surface area contributed by atoms with Crippen molar-refractivity contribution in [3.8, 4) is 0 Å². The lowest BCUT2D eigenvalue weighted by Crippen LogP contribution is -2.44. The summed E-state index contributed by atoms with van der Waals surface area (Å²) in [6, 6.07) is 7.63. The van der Waals surface area contributed by atoms with Crippen LogP contribution in [0.5, 0.6) is 0 Å². The van der Waals surface area contributed by atoms with Crippen molar-refractivity contribution < 1.29 is 13.2 Å². The summed E-state index contributed by atoms with van der Waals surface area (Å²) in [6.45, 7) is 10.1. The average Bonchev–Trinajstić information content (AvgIpc) is 2.82. The molecular formula is C21H30N4O3S. The summed E-state index contributed by atoms with van der Waals surface area (Å²) in [6.07, 6.45) is 1.67. The molecule has 29 heavy (non-hydrogen) atoms. The summed E-state index contributed by atoms with van der Waals surface area (Å²) in [5.41, 5.74) is 2.51. The van der Waals surface area contributed by atoms with Crippen molar-refractivity contribution in [3.05, 3.63) is 41.0 Å². The van der Waals surface area contributed by atoms with Crippen LogP contribution in [0.25, 0.3) is 4.91 Å². The molecule has 1 aromatic carbocycles. The molecule has 3 rings (SSSR count). The van der Waals surface area contributed by atoms with Crippen molar-refractivity contribution >= 4 is 26.8 Å². The molecule has 8 heteroatoms. The molecule has 2 aliphatic heterocycles. The first-order chi connectivity index (χ1) is 13.7. The predicted octanol–water partition coefficient (Wildman–Crippen LogP) is 2.85. The lowest BCUT2D eigenvalue weighted by molar-refractivity contribution is 0.198. The highest BCUT2D eigenvalue weighted by atomic mass is 32.2. The molecule has 1 aromatic rings. The molecule has 1 fully saturated rings. The van der Waals surface area contributed by atoms with E-state index in [9.17, 15) is 13.2 Å². The van der Waals surface area contributed by atoms with Gasteiger partial charge in [0.1, 0.15) is 10.7 Å². The SMILES string of the molecule is CCc1ccc(C2=C(C)C(N3CCCN(C(=O)NC(C)C)CC3)=NS2(=O)=O)cc1. The molecule has 2 amide bonds. The number of hydrogen-bond acceptors (Lipinski definition) is 4. The minimum absolute atomic E-state index is 0.0770. The first-order valence-electron chi connectivity index (χ1n) is 10.2.